The second kappa shape index (κ2) is 7.34. The van der Waals surface area contributed by atoms with Gasteiger partial charge in [-0.3, -0.25) is 9.59 Å². The van der Waals surface area contributed by atoms with Crippen molar-refractivity contribution in [2.75, 3.05) is 40.3 Å². The molecule has 2 aliphatic heterocycles. The van der Waals surface area contributed by atoms with Crippen LogP contribution >= 0.6 is 0 Å². The fourth-order valence-corrected chi connectivity index (χ4v) is 3.67. The smallest absolute Gasteiger partial charge is 0.228 e. The topological polar surface area (TPSA) is 43.9 Å². The molecule has 1 fully saturated rings. The van der Waals surface area contributed by atoms with Crippen molar-refractivity contribution in [3.8, 4) is 0 Å². The third kappa shape index (κ3) is 3.78. The Balaban J connectivity index is 1.56. The van der Waals surface area contributed by atoms with Gasteiger partial charge in [0, 0.05) is 32.6 Å². The quantitative estimate of drug-likeness (QED) is 0.819. The van der Waals surface area contributed by atoms with Gasteiger partial charge in [0.05, 0.1) is 5.92 Å². The first-order valence-corrected chi connectivity index (χ1v) is 8.82. The van der Waals surface area contributed by atoms with Gasteiger partial charge >= 0.3 is 0 Å². The van der Waals surface area contributed by atoms with Crippen molar-refractivity contribution in [2.24, 2.45) is 5.92 Å². The Morgan fingerprint density at radius 1 is 1.25 bits per heavy atom. The molecule has 3 rings (SSSR count). The van der Waals surface area contributed by atoms with Gasteiger partial charge in [0.25, 0.3) is 0 Å². The molecule has 24 heavy (non-hydrogen) atoms. The molecule has 1 saturated heterocycles. The van der Waals surface area contributed by atoms with Crippen LogP contribution in [0.5, 0.6) is 0 Å². The first kappa shape index (κ1) is 17.0. The van der Waals surface area contributed by atoms with E-state index in [1.807, 2.05) is 30.0 Å². The average Bonchev–Trinajstić information content (AvgIpc) is 2.94. The molecular formula is C19H27N3O2. The minimum Gasteiger partial charge on any atom is -0.342 e. The Morgan fingerprint density at radius 3 is 2.75 bits per heavy atom. The molecule has 1 unspecified atom stereocenters. The highest BCUT2D eigenvalue weighted by molar-refractivity contribution is 5.89. The maximum absolute atomic E-state index is 12.8. The number of likely N-dealkylation sites (tertiary alicyclic amines) is 1. The van der Waals surface area contributed by atoms with Crippen LogP contribution in [0.2, 0.25) is 0 Å². The van der Waals surface area contributed by atoms with E-state index in [4.69, 9.17) is 0 Å². The predicted octanol–water partition coefficient (Wildman–Crippen LogP) is 1.37. The van der Waals surface area contributed by atoms with E-state index < -0.39 is 0 Å². The molecule has 0 aromatic heterocycles. The van der Waals surface area contributed by atoms with Crippen molar-refractivity contribution in [3.63, 3.8) is 0 Å². The number of fused-ring (bicyclic) bond motifs is 1. The Morgan fingerprint density at radius 2 is 2.00 bits per heavy atom. The number of benzene rings is 1. The van der Waals surface area contributed by atoms with E-state index in [0.29, 0.717) is 19.5 Å². The predicted molar refractivity (Wildman–Crippen MR) is 93.4 cm³/mol. The van der Waals surface area contributed by atoms with E-state index in [0.717, 1.165) is 32.5 Å². The molecule has 0 bridgehead atoms. The number of rotatable bonds is 5. The summed E-state index contributed by atoms with van der Waals surface area (Å²) in [7, 11) is 4.07. The number of hydrogen-bond acceptors (Lipinski definition) is 3. The van der Waals surface area contributed by atoms with E-state index in [-0.39, 0.29) is 17.7 Å². The van der Waals surface area contributed by atoms with Gasteiger partial charge in [-0.2, -0.15) is 0 Å². The summed E-state index contributed by atoms with van der Waals surface area (Å²) in [6.45, 7) is 3.75. The highest BCUT2D eigenvalue weighted by Crippen LogP contribution is 2.24. The zero-order valence-corrected chi connectivity index (χ0v) is 14.7. The van der Waals surface area contributed by atoms with Crippen LogP contribution in [0, 0.1) is 5.92 Å². The molecule has 5 nitrogen and oxygen atoms in total. The van der Waals surface area contributed by atoms with E-state index >= 15 is 0 Å². The highest BCUT2D eigenvalue weighted by atomic mass is 16.2. The standard InChI is InChI=1S/C19H27N3O2/c1-20(2)9-5-10-21-14-17(12-18(21)23)19(24)22-11-8-15-6-3-4-7-16(15)13-22/h3-4,6-7,17H,5,8-14H2,1-2H3. The monoisotopic (exact) mass is 329 g/mol. The van der Waals surface area contributed by atoms with Gasteiger partial charge in [-0.1, -0.05) is 24.3 Å². The number of amides is 2. The lowest BCUT2D eigenvalue weighted by atomic mass is 9.98. The summed E-state index contributed by atoms with van der Waals surface area (Å²) in [5.41, 5.74) is 2.58. The Hall–Kier alpha value is -1.88. The van der Waals surface area contributed by atoms with Crippen molar-refractivity contribution in [1.82, 2.24) is 14.7 Å². The van der Waals surface area contributed by atoms with E-state index in [9.17, 15) is 9.59 Å². The van der Waals surface area contributed by atoms with Gasteiger partial charge in [-0.25, -0.2) is 0 Å². The molecule has 1 aromatic carbocycles. The van der Waals surface area contributed by atoms with Crippen molar-refractivity contribution >= 4 is 11.8 Å². The second-order valence-electron chi connectivity index (χ2n) is 7.18. The van der Waals surface area contributed by atoms with Crippen LogP contribution in [-0.4, -0.2) is 66.8 Å². The maximum atomic E-state index is 12.8. The molecule has 2 aliphatic rings. The molecular weight excluding hydrogens is 302 g/mol. The summed E-state index contributed by atoms with van der Waals surface area (Å²) in [4.78, 5) is 30.9. The summed E-state index contributed by atoms with van der Waals surface area (Å²) in [6, 6.07) is 8.32. The third-order valence-corrected chi connectivity index (χ3v) is 5.04. The molecule has 0 aliphatic carbocycles. The molecule has 1 aromatic rings. The largest absolute Gasteiger partial charge is 0.342 e. The summed E-state index contributed by atoms with van der Waals surface area (Å²) >= 11 is 0. The summed E-state index contributed by atoms with van der Waals surface area (Å²) in [5.74, 6) is 0.111. The first-order chi connectivity index (χ1) is 11.5. The molecule has 2 heterocycles. The Labute approximate surface area is 144 Å². The number of carbonyl (C=O) groups is 2. The van der Waals surface area contributed by atoms with E-state index in [1.165, 1.54) is 11.1 Å². The lowest BCUT2D eigenvalue weighted by molar-refractivity contribution is -0.136. The van der Waals surface area contributed by atoms with Gasteiger partial charge in [-0.05, 0) is 44.6 Å². The molecule has 5 heteroatoms. The van der Waals surface area contributed by atoms with Crippen molar-refractivity contribution in [2.45, 2.75) is 25.8 Å². The van der Waals surface area contributed by atoms with Gasteiger partial charge in [-0.15, -0.1) is 0 Å². The number of hydrogen-bond donors (Lipinski definition) is 0. The Kier molecular flexibility index (Phi) is 5.19. The molecule has 0 N–H and O–H groups in total. The average molecular weight is 329 g/mol. The van der Waals surface area contributed by atoms with Gasteiger partial charge in [0.1, 0.15) is 0 Å². The molecule has 0 saturated carbocycles. The summed E-state index contributed by atoms with van der Waals surface area (Å²) in [6.07, 6.45) is 2.24. The number of nitrogens with zero attached hydrogens (tertiary/aromatic N) is 3. The lowest BCUT2D eigenvalue weighted by Gasteiger charge is -2.30. The van der Waals surface area contributed by atoms with Gasteiger partial charge in [0.15, 0.2) is 0 Å². The SMILES string of the molecule is CN(C)CCCN1CC(C(=O)N2CCc3ccccc3C2)CC1=O. The zero-order chi connectivity index (χ0) is 17.1. The van der Waals surface area contributed by atoms with Crippen LogP contribution < -0.4 is 0 Å². The van der Waals surface area contributed by atoms with Gasteiger partial charge in [0.2, 0.25) is 11.8 Å². The Bertz CT molecular complexity index is 614. The van der Waals surface area contributed by atoms with Crippen LogP contribution in [0.4, 0.5) is 0 Å². The molecule has 2 amide bonds. The van der Waals surface area contributed by atoms with Gasteiger partial charge < -0.3 is 14.7 Å². The minimum absolute atomic E-state index is 0.129. The first-order valence-electron chi connectivity index (χ1n) is 8.82. The summed E-state index contributed by atoms with van der Waals surface area (Å²) < 4.78 is 0. The molecule has 0 spiro atoms. The van der Waals surface area contributed by atoms with E-state index in [1.54, 1.807) is 0 Å². The minimum atomic E-state index is -0.165. The molecule has 0 radical (unpaired) electrons. The van der Waals surface area contributed by atoms with Crippen LogP contribution in [-0.2, 0) is 22.6 Å². The fraction of sp³-hybridized carbons (Fsp3) is 0.579. The van der Waals surface area contributed by atoms with Crippen molar-refractivity contribution in [1.29, 1.82) is 0 Å². The van der Waals surface area contributed by atoms with Crippen LogP contribution in [0.1, 0.15) is 24.0 Å². The van der Waals surface area contributed by atoms with Crippen molar-refractivity contribution < 1.29 is 9.59 Å². The second-order valence-corrected chi connectivity index (χ2v) is 7.18. The molecule has 130 valence electrons. The van der Waals surface area contributed by atoms with Crippen LogP contribution in [0.15, 0.2) is 24.3 Å². The summed E-state index contributed by atoms with van der Waals surface area (Å²) in [5, 5.41) is 0. The maximum Gasteiger partial charge on any atom is 0.228 e. The molecule has 1 atom stereocenters. The highest BCUT2D eigenvalue weighted by Gasteiger charge is 2.36. The van der Waals surface area contributed by atoms with Crippen LogP contribution in [0.3, 0.4) is 0 Å². The van der Waals surface area contributed by atoms with E-state index in [2.05, 4.69) is 23.1 Å². The zero-order valence-electron chi connectivity index (χ0n) is 14.7. The lowest BCUT2D eigenvalue weighted by Crippen LogP contribution is -2.40. The van der Waals surface area contributed by atoms with Crippen molar-refractivity contribution in [3.05, 3.63) is 35.4 Å². The fourth-order valence-electron chi connectivity index (χ4n) is 3.67. The number of carbonyl (C=O) groups excluding carboxylic acids is 2. The third-order valence-electron chi connectivity index (χ3n) is 5.04. The van der Waals surface area contributed by atoms with Crippen LogP contribution in [0.25, 0.3) is 0 Å². The normalized spacial score (nSPS) is 20.6.